The van der Waals surface area contributed by atoms with Crippen LogP contribution in [0, 0.1) is 0 Å². The summed E-state index contributed by atoms with van der Waals surface area (Å²) in [4.78, 5) is 12.1. The number of rotatable bonds is 2. The molecule has 5 heteroatoms. The van der Waals surface area contributed by atoms with Crippen molar-refractivity contribution in [1.82, 2.24) is 5.32 Å². The molecule has 0 aromatic heterocycles. The first-order valence-electron chi connectivity index (χ1n) is 6.12. The largest absolute Gasteiger partial charge is 0.398 e. The fourth-order valence-electron chi connectivity index (χ4n) is 2.27. The first-order valence-corrected chi connectivity index (χ1v) is 6.91. The molecule has 2 rings (SSSR count). The maximum Gasteiger partial charge on any atom is 0.253 e. The third-order valence-electron chi connectivity index (χ3n) is 3.30. The van der Waals surface area contributed by atoms with Gasteiger partial charge in [0.15, 0.2) is 0 Å². The number of hydrogen-bond acceptors (Lipinski definition) is 3. The van der Waals surface area contributed by atoms with Crippen LogP contribution in [0.2, 0.25) is 0 Å². The molecule has 2 unspecified atom stereocenters. The molecule has 18 heavy (non-hydrogen) atoms. The molecule has 0 aliphatic heterocycles. The van der Waals surface area contributed by atoms with E-state index in [1.54, 1.807) is 18.2 Å². The molecule has 2 atom stereocenters. The lowest BCUT2D eigenvalue weighted by molar-refractivity contribution is 0.0718. The summed E-state index contributed by atoms with van der Waals surface area (Å²) in [5.74, 6) is -0.217. The van der Waals surface area contributed by atoms with Gasteiger partial charge in [0, 0.05) is 10.2 Å². The second-order valence-electron chi connectivity index (χ2n) is 4.66. The number of benzene rings is 1. The Morgan fingerprint density at radius 1 is 1.39 bits per heavy atom. The zero-order valence-electron chi connectivity index (χ0n) is 10.0. The Hall–Kier alpha value is -1.07. The van der Waals surface area contributed by atoms with Crippen molar-refractivity contribution >= 4 is 27.5 Å². The molecule has 0 heterocycles. The maximum absolute atomic E-state index is 12.1. The van der Waals surface area contributed by atoms with E-state index in [0.29, 0.717) is 11.3 Å². The van der Waals surface area contributed by atoms with Gasteiger partial charge in [0.2, 0.25) is 0 Å². The number of aliphatic hydroxyl groups excluding tert-OH is 1. The number of nitrogen functional groups attached to an aromatic ring is 1. The number of anilines is 1. The van der Waals surface area contributed by atoms with E-state index in [1.807, 2.05) is 0 Å². The molecule has 0 radical (unpaired) electrons. The van der Waals surface area contributed by atoms with Gasteiger partial charge < -0.3 is 16.2 Å². The molecule has 1 aromatic carbocycles. The number of amides is 1. The average Bonchev–Trinajstić information content (AvgIpc) is 2.32. The highest BCUT2D eigenvalue weighted by molar-refractivity contribution is 9.10. The van der Waals surface area contributed by atoms with Gasteiger partial charge in [0.05, 0.1) is 17.7 Å². The summed E-state index contributed by atoms with van der Waals surface area (Å²) in [5.41, 5.74) is 6.70. The number of hydrogen-bond donors (Lipinski definition) is 3. The number of carbonyl (C=O) groups excluding carboxylic acids is 1. The summed E-state index contributed by atoms with van der Waals surface area (Å²) in [6.45, 7) is 0. The van der Waals surface area contributed by atoms with Crippen LogP contribution in [0.25, 0.3) is 0 Å². The second-order valence-corrected chi connectivity index (χ2v) is 5.58. The lowest BCUT2D eigenvalue weighted by atomic mass is 9.92. The average molecular weight is 313 g/mol. The standard InChI is InChI=1S/C13H17BrN2O2/c14-8-5-6-9(10(15)7-8)13(18)16-11-3-1-2-4-12(11)17/h5-7,11-12,17H,1-4,15H2,(H,16,18). The van der Waals surface area contributed by atoms with Gasteiger partial charge in [0.1, 0.15) is 0 Å². The highest BCUT2D eigenvalue weighted by Gasteiger charge is 2.25. The van der Waals surface area contributed by atoms with Gasteiger partial charge in [-0.1, -0.05) is 28.8 Å². The molecule has 1 amide bonds. The quantitative estimate of drug-likeness (QED) is 0.732. The van der Waals surface area contributed by atoms with Crippen molar-refractivity contribution in [2.45, 2.75) is 37.8 Å². The molecule has 1 aliphatic carbocycles. The summed E-state index contributed by atoms with van der Waals surface area (Å²) in [6, 6.07) is 5.01. The van der Waals surface area contributed by atoms with Crippen LogP contribution in [0.5, 0.6) is 0 Å². The smallest absolute Gasteiger partial charge is 0.253 e. The highest BCUT2D eigenvalue weighted by Crippen LogP contribution is 2.21. The number of halogens is 1. The second kappa shape index (κ2) is 5.71. The van der Waals surface area contributed by atoms with Gasteiger partial charge in [-0.15, -0.1) is 0 Å². The van der Waals surface area contributed by atoms with Crippen molar-refractivity contribution < 1.29 is 9.90 Å². The van der Waals surface area contributed by atoms with E-state index in [2.05, 4.69) is 21.2 Å². The summed E-state index contributed by atoms with van der Waals surface area (Å²) < 4.78 is 0.842. The number of carbonyl (C=O) groups is 1. The van der Waals surface area contributed by atoms with E-state index in [9.17, 15) is 9.90 Å². The molecular weight excluding hydrogens is 296 g/mol. The topological polar surface area (TPSA) is 75.4 Å². The zero-order chi connectivity index (χ0) is 13.1. The Labute approximate surface area is 115 Å². The van der Waals surface area contributed by atoms with Crippen LogP contribution >= 0.6 is 15.9 Å². The molecule has 0 spiro atoms. The molecule has 4 nitrogen and oxygen atoms in total. The minimum Gasteiger partial charge on any atom is -0.398 e. The maximum atomic E-state index is 12.1. The van der Waals surface area contributed by atoms with Crippen molar-refractivity contribution in [3.63, 3.8) is 0 Å². The SMILES string of the molecule is Nc1cc(Br)ccc1C(=O)NC1CCCCC1O. The van der Waals surface area contributed by atoms with Crippen LogP contribution < -0.4 is 11.1 Å². The molecule has 1 aliphatic rings. The molecule has 1 aromatic rings. The van der Waals surface area contributed by atoms with Gasteiger partial charge in [-0.3, -0.25) is 4.79 Å². The van der Waals surface area contributed by atoms with Crippen molar-refractivity contribution in [2.24, 2.45) is 0 Å². The highest BCUT2D eigenvalue weighted by atomic mass is 79.9. The molecular formula is C13H17BrN2O2. The monoisotopic (exact) mass is 312 g/mol. The molecule has 4 N–H and O–H groups in total. The first-order chi connectivity index (χ1) is 8.58. The molecule has 98 valence electrons. The third kappa shape index (κ3) is 3.03. The number of nitrogens with two attached hydrogens (primary N) is 1. The molecule has 1 fully saturated rings. The lowest BCUT2D eigenvalue weighted by Crippen LogP contribution is -2.45. The van der Waals surface area contributed by atoms with Crippen molar-refractivity contribution in [3.05, 3.63) is 28.2 Å². The zero-order valence-corrected chi connectivity index (χ0v) is 11.6. The Morgan fingerprint density at radius 3 is 2.78 bits per heavy atom. The van der Waals surface area contributed by atoms with Gasteiger partial charge in [0.25, 0.3) is 5.91 Å². The van der Waals surface area contributed by atoms with Crippen LogP contribution in [-0.4, -0.2) is 23.2 Å². The third-order valence-corrected chi connectivity index (χ3v) is 3.80. The van der Waals surface area contributed by atoms with Gasteiger partial charge in [-0.05, 0) is 31.0 Å². The van der Waals surface area contributed by atoms with E-state index < -0.39 is 6.10 Å². The fraction of sp³-hybridized carbons (Fsp3) is 0.462. The van der Waals surface area contributed by atoms with Crippen LogP contribution in [0.15, 0.2) is 22.7 Å². The van der Waals surface area contributed by atoms with E-state index in [4.69, 9.17) is 5.73 Å². The Kier molecular flexibility index (Phi) is 4.24. The van der Waals surface area contributed by atoms with Crippen molar-refractivity contribution in [3.8, 4) is 0 Å². The van der Waals surface area contributed by atoms with Crippen LogP contribution in [-0.2, 0) is 0 Å². The van der Waals surface area contributed by atoms with E-state index >= 15 is 0 Å². The summed E-state index contributed by atoms with van der Waals surface area (Å²) in [7, 11) is 0. The minimum atomic E-state index is -0.445. The van der Waals surface area contributed by atoms with Crippen LogP contribution in [0.4, 0.5) is 5.69 Å². The van der Waals surface area contributed by atoms with Crippen molar-refractivity contribution in [1.29, 1.82) is 0 Å². The number of aliphatic hydroxyl groups is 1. The van der Waals surface area contributed by atoms with Gasteiger partial charge >= 0.3 is 0 Å². The fourth-order valence-corrected chi connectivity index (χ4v) is 2.64. The van der Waals surface area contributed by atoms with Gasteiger partial charge in [-0.25, -0.2) is 0 Å². The van der Waals surface area contributed by atoms with E-state index in [0.717, 1.165) is 30.2 Å². The molecule has 0 saturated heterocycles. The Morgan fingerprint density at radius 2 is 2.11 bits per heavy atom. The van der Waals surface area contributed by atoms with Gasteiger partial charge in [-0.2, -0.15) is 0 Å². The Balaban J connectivity index is 2.07. The molecule has 0 bridgehead atoms. The summed E-state index contributed by atoms with van der Waals surface area (Å²) >= 11 is 3.30. The molecule has 1 saturated carbocycles. The summed E-state index contributed by atoms with van der Waals surface area (Å²) in [5, 5.41) is 12.7. The predicted molar refractivity (Wildman–Crippen MR) is 74.3 cm³/mol. The first kappa shape index (κ1) is 13.4. The summed E-state index contributed by atoms with van der Waals surface area (Å²) in [6.07, 6.45) is 3.19. The van der Waals surface area contributed by atoms with E-state index in [-0.39, 0.29) is 11.9 Å². The minimum absolute atomic E-state index is 0.158. The number of nitrogens with one attached hydrogen (secondary N) is 1. The lowest BCUT2D eigenvalue weighted by Gasteiger charge is -2.28. The Bertz CT molecular complexity index is 451. The van der Waals surface area contributed by atoms with Crippen LogP contribution in [0.3, 0.4) is 0 Å². The normalized spacial score (nSPS) is 23.7. The van der Waals surface area contributed by atoms with Crippen LogP contribution in [0.1, 0.15) is 36.0 Å². The van der Waals surface area contributed by atoms with Crippen molar-refractivity contribution in [2.75, 3.05) is 5.73 Å². The predicted octanol–water partition coefficient (Wildman–Crippen LogP) is 2.06. The van der Waals surface area contributed by atoms with E-state index in [1.165, 1.54) is 0 Å².